The van der Waals surface area contributed by atoms with E-state index in [0.29, 0.717) is 5.69 Å². The fourth-order valence-corrected chi connectivity index (χ4v) is 2.25. The minimum atomic E-state index is -0.464. The lowest BCUT2D eigenvalue weighted by Gasteiger charge is -2.28. The summed E-state index contributed by atoms with van der Waals surface area (Å²) in [6, 6.07) is 2.81. The van der Waals surface area contributed by atoms with Crippen molar-refractivity contribution in [2.45, 2.75) is 37.8 Å². The number of carbonyl (C=O) groups excluding carboxylic acids is 1. The first-order chi connectivity index (χ1) is 8.66. The lowest BCUT2D eigenvalue weighted by molar-refractivity contribution is 0.0955. The molecule has 6 heteroatoms. The molecule has 0 bridgehead atoms. The molecule has 1 heterocycles. The highest BCUT2D eigenvalue weighted by Crippen LogP contribution is 2.20. The summed E-state index contributed by atoms with van der Waals surface area (Å²) in [5.41, 5.74) is 0.460. The summed E-state index contributed by atoms with van der Waals surface area (Å²) >= 11 is 5.84. The van der Waals surface area contributed by atoms with Gasteiger partial charge in [0.05, 0.1) is 17.8 Å². The standard InChI is InChI=1S/C12H16ClN3O2/c13-11-9(5-3-7-14-11)16-12(18)15-8-4-1-2-6-10(8)17/h3,5,7-8,10,17H,1-2,4,6H2,(H2,15,16,18)/t8-,10+/m1/s1. The zero-order valence-electron chi connectivity index (χ0n) is 9.90. The minimum Gasteiger partial charge on any atom is -0.391 e. The van der Waals surface area contributed by atoms with Crippen LogP contribution >= 0.6 is 11.6 Å². The van der Waals surface area contributed by atoms with Crippen LogP contribution in [0.5, 0.6) is 0 Å². The van der Waals surface area contributed by atoms with Crippen molar-refractivity contribution >= 4 is 23.3 Å². The van der Waals surface area contributed by atoms with Gasteiger partial charge in [-0.2, -0.15) is 0 Å². The maximum Gasteiger partial charge on any atom is 0.319 e. The third-order valence-electron chi connectivity index (χ3n) is 3.05. The Hall–Kier alpha value is -1.33. The molecule has 3 N–H and O–H groups in total. The summed E-state index contributed by atoms with van der Waals surface area (Å²) < 4.78 is 0. The number of nitrogens with one attached hydrogen (secondary N) is 2. The molecule has 1 aromatic rings. The van der Waals surface area contributed by atoms with Crippen LogP contribution in [0, 0.1) is 0 Å². The highest BCUT2D eigenvalue weighted by molar-refractivity contribution is 6.32. The van der Waals surface area contributed by atoms with Gasteiger partial charge in [-0.05, 0) is 25.0 Å². The molecule has 18 heavy (non-hydrogen) atoms. The number of aliphatic hydroxyl groups excluding tert-OH is 1. The largest absolute Gasteiger partial charge is 0.391 e. The number of hydrogen-bond acceptors (Lipinski definition) is 3. The SMILES string of the molecule is O=C(Nc1cccnc1Cl)N[C@@H]1CCCC[C@@H]1O. The van der Waals surface area contributed by atoms with E-state index in [1.807, 2.05) is 0 Å². The molecule has 0 aliphatic heterocycles. The number of nitrogens with zero attached hydrogens (tertiary/aromatic N) is 1. The van der Waals surface area contributed by atoms with E-state index in [1.54, 1.807) is 18.3 Å². The van der Waals surface area contributed by atoms with E-state index in [0.717, 1.165) is 25.7 Å². The maximum atomic E-state index is 11.8. The Balaban J connectivity index is 1.90. The van der Waals surface area contributed by atoms with Gasteiger partial charge >= 0.3 is 6.03 Å². The van der Waals surface area contributed by atoms with Gasteiger partial charge in [0.15, 0.2) is 5.15 Å². The lowest BCUT2D eigenvalue weighted by Crippen LogP contribution is -2.46. The second kappa shape index (κ2) is 6.02. The molecule has 1 fully saturated rings. The summed E-state index contributed by atoms with van der Waals surface area (Å²) in [6.45, 7) is 0. The highest BCUT2D eigenvalue weighted by atomic mass is 35.5. The molecule has 0 saturated heterocycles. The molecule has 0 unspecified atom stereocenters. The topological polar surface area (TPSA) is 74.2 Å². The lowest BCUT2D eigenvalue weighted by atomic mass is 9.93. The minimum absolute atomic E-state index is 0.186. The Kier molecular flexibility index (Phi) is 4.38. The van der Waals surface area contributed by atoms with Crippen LogP contribution in [-0.2, 0) is 0 Å². The van der Waals surface area contributed by atoms with E-state index >= 15 is 0 Å². The predicted octanol–water partition coefficient (Wildman–Crippen LogP) is 2.16. The van der Waals surface area contributed by atoms with E-state index < -0.39 is 6.10 Å². The zero-order valence-corrected chi connectivity index (χ0v) is 10.7. The van der Waals surface area contributed by atoms with Crippen molar-refractivity contribution in [1.82, 2.24) is 10.3 Å². The van der Waals surface area contributed by atoms with Crippen molar-refractivity contribution in [3.8, 4) is 0 Å². The quantitative estimate of drug-likeness (QED) is 0.720. The van der Waals surface area contributed by atoms with Crippen LogP contribution in [0.2, 0.25) is 5.15 Å². The van der Waals surface area contributed by atoms with Gasteiger partial charge in [0.1, 0.15) is 0 Å². The Labute approximate surface area is 111 Å². The number of halogens is 1. The van der Waals surface area contributed by atoms with Gasteiger partial charge in [-0.3, -0.25) is 0 Å². The van der Waals surface area contributed by atoms with E-state index in [-0.39, 0.29) is 17.2 Å². The van der Waals surface area contributed by atoms with Crippen LogP contribution in [0.1, 0.15) is 25.7 Å². The van der Waals surface area contributed by atoms with Gasteiger partial charge in [0.2, 0.25) is 0 Å². The third kappa shape index (κ3) is 3.34. The van der Waals surface area contributed by atoms with Crippen LogP contribution in [0.3, 0.4) is 0 Å². The summed E-state index contributed by atoms with van der Waals surface area (Å²) in [4.78, 5) is 15.6. The number of urea groups is 1. The number of carbonyl (C=O) groups is 1. The molecule has 0 radical (unpaired) electrons. The molecule has 1 aromatic heterocycles. The molecule has 2 atom stereocenters. The first kappa shape index (κ1) is 13.1. The number of aromatic nitrogens is 1. The number of pyridine rings is 1. The first-order valence-electron chi connectivity index (χ1n) is 6.03. The smallest absolute Gasteiger partial charge is 0.319 e. The highest BCUT2D eigenvalue weighted by Gasteiger charge is 2.24. The second-order valence-corrected chi connectivity index (χ2v) is 4.76. The fourth-order valence-electron chi connectivity index (χ4n) is 2.09. The van der Waals surface area contributed by atoms with Crippen LogP contribution < -0.4 is 10.6 Å². The summed E-state index contributed by atoms with van der Waals surface area (Å²) in [5.74, 6) is 0. The van der Waals surface area contributed by atoms with Gasteiger partial charge in [-0.1, -0.05) is 24.4 Å². The van der Waals surface area contributed by atoms with E-state index in [9.17, 15) is 9.90 Å². The molecule has 0 spiro atoms. The maximum absolute atomic E-state index is 11.8. The van der Waals surface area contributed by atoms with E-state index in [2.05, 4.69) is 15.6 Å². The van der Waals surface area contributed by atoms with Crippen molar-refractivity contribution < 1.29 is 9.90 Å². The molecule has 98 valence electrons. The van der Waals surface area contributed by atoms with Crippen molar-refractivity contribution in [2.75, 3.05) is 5.32 Å². The van der Waals surface area contributed by atoms with Gasteiger partial charge in [-0.15, -0.1) is 0 Å². The van der Waals surface area contributed by atoms with E-state index in [1.165, 1.54) is 0 Å². The first-order valence-corrected chi connectivity index (χ1v) is 6.40. The normalized spacial score (nSPS) is 23.4. The molecule has 0 aromatic carbocycles. The molecular weight excluding hydrogens is 254 g/mol. The summed E-state index contributed by atoms with van der Waals surface area (Å²) in [6.07, 6.45) is 4.66. The predicted molar refractivity (Wildman–Crippen MR) is 69.7 cm³/mol. The molecule has 2 amide bonds. The monoisotopic (exact) mass is 269 g/mol. The third-order valence-corrected chi connectivity index (χ3v) is 3.35. The molecular formula is C12H16ClN3O2. The number of anilines is 1. The summed E-state index contributed by atoms with van der Waals surface area (Å²) in [5, 5.41) is 15.4. The number of amides is 2. The second-order valence-electron chi connectivity index (χ2n) is 4.40. The van der Waals surface area contributed by atoms with Gasteiger partial charge < -0.3 is 15.7 Å². The van der Waals surface area contributed by atoms with E-state index in [4.69, 9.17) is 11.6 Å². The van der Waals surface area contributed by atoms with Crippen molar-refractivity contribution in [2.24, 2.45) is 0 Å². The van der Waals surface area contributed by atoms with Crippen molar-refractivity contribution in [1.29, 1.82) is 0 Å². The van der Waals surface area contributed by atoms with Gasteiger partial charge in [0, 0.05) is 6.20 Å². The Morgan fingerprint density at radius 3 is 2.94 bits per heavy atom. The Bertz CT molecular complexity index is 428. The average Bonchev–Trinajstić information content (AvgIpc) is 2.35. The van der Waals surface area contributed by atoms with Crippen LogP contribution in [0.25, 0.3) is 0 Å². The zero-order chi connectivity index (χ0) is 13.0. The average molecular weight is 270 g/mol. The van der Waals surface area contributed by atoms with Crippen molar-refractivity contribution in [3.63, 3.8) is 0 Å². The molecule has 1 aliphatic carbocycles. The number of rotatable bonds is 2. The summed E-state index contributed by atoms with van der Waals surface area (Å²) in [7, 11) is 0. The van der Waals surface area contributed by atoms with Crippen molar-refractivity contribution in [3.05, 3.63) is 23.5 Å². The Morgan fingerprint density at radius 2 is 2.22 bits per heavy atom. The molecule has 5 nitrogen and oxygen atoms in total. The van der Waals surface area contributed by atoms with Crippen LogP contribution in [0.4, 0.5) is 10.5 Å². The van der Waals surface area contributed by atoms with Gasteiger partial charge in [0.25, 0.3) is 0 Å². The number of hydrogen-bond donors (Lipinski definition) is 3. The number of aliphatic hydroxyl groups is 1. The van der Waals surface area contributed by atoms with Crippen LogP contribution in [-0.4, -0.2) is 28.3 Å². The van der Waals surface area contributed by atoms with Gasteiger partial charge in [-0.25, -0.2) is 9.78 Å². The fraction of sp³-hybridized carbons (Fsp3) is 0.500. The Morgan fingerprint density at radius 1 is 1.44 bits per heavy atom. The molecule has 1 saturated carbocycles. The van der Waals surface area contributed by atoms with Crippen LogP contribution in [0.15, 0.2) is 18.3 Å². The molecule has 1 aliphatic rings. The molecule has 2 rings (SSSR count).